The quantitative estimate of drug-likeness (QED) is 0.0612. The van der Waals surface area contributed by atoms with Gasteiger partial charge in [0.05, 0.1) is 78.8 Å². The van der Waals surface area contributed by atoms with Gasteiger partial charge in [-0.2, -0.15) is 27.8 Å². The smallest absolute Gasteiger partial charge is 0.351 e. The third-order valence-electron chi connectivity index (χ3n) is 17.5. The summed E-state index contributed by atoms with van der Waals surface area (Å²) in [4.78, 5) is 51.4. The minimum Gasteiger partial charge on any atom is -0.400 e. The summed E-state index contributed by atoms with van der Waals surface area (Å²) < 4.78 is 99.1. The molecule has 2 unspecified atom stereocenters. The number of aliphatic hydroxyl groups excluding tert-OH is 2. The van der Waals surface area contributed by atoms with Gasteiger partial charge in [0.15, 0.2) is 11.2 Å². The second kappa shape index (κ2) is 30.0. The fourth-order valence-electron chi connectivity index (χ4n) is 12.0. The fraction of sp³-hybridized carbons (Fsp3) is 0.406. The van der Waals surface area contributed by atoms with Crippen molar-refractivity contribution in [3.8, 4) is 11.6 Å². The van der Waals surface area contributed by atoms with Gasteiger partial charge in [-0.3, -0.25) is 9.97 Å². The van der Waals surface area contributed by atoms with E-state index in [2.05, 4.69) is 84.8 Å². The average Bonchev–Trinajstić information content (AvgIpc) is 0.886. The van der Waals surface area contributed by atoms with E-state index in [0.717, 1.165) is 95.5 Å². The van der Waals surface area contributed by atoms with E-state index in [9.17, 15) is 33.7 Å². The molecule has 0 spiro atoms. The highest BCUT2D eigenvalue weighted by Gasteiger charge is 2.58. The van der Waals surface area contributed by atoms with Crippen LogP contribution in [-0.4, -0.2) is 175 Å². The first-order chi connectivity index (χ1) is 47.0. The molecule has 5 atom stereocenters. The molecule has 0 radical (unpaired) electrons. The normalized spacial score (nSPS) is 15.9. The molecule has 4 N–H and O–H groups in total. The molecule has 2 aliphatic heterocycles. The standard InChI is InChI=1S/C32H36F3N11O2.C31H34F3N11O3.CH4O/c1-4-27(22(2)3)46-30(47)45(21-39-46)29-12-10-26(18-37-29)43-15-13-42(14-16-43)25-9-11-28(36-17-25)32(34,35)31(48,19-44-20-38-40-41-44)23-5-7-24(33)8-6-23;1-3-26(21(2)46)45-29(47)44(20-38-45)28-11-9-25(17-36-28)42-14-12-41(13-15-42)24-8-10-27(35-16-24)31(33,34)30(48,18-43-19-37-39-40-43)22-4-6-23(32)7-5-22;1-2/h5-12,17-18,20-22,27,48H,4,13-16,19H2,1-3H3;4-11,16-17,19-21,26,46,48H,3,12-15,18H2,1-2H3;2H,1H3/t27-,31?;21-,26-,30?;/m00./s1. The molecule has 8 aromatic heterocycles. The number of hydrogen-bond donors (Lipinski definition) is 4. The van der Waals surface area contributed by atoms with E-state index in [1.807, 2.05) is 35.8 Å². The Morgan fingerprint density at radius 1 is 0.469 bits per heavy atom. The zero-order chi connectivity index (χ0) is 70.1. The summed E-state index contributed by atoms with van der Waals surface area (Å²) >= 11 is 0. The number of piperazine rings is 2. The van der Waals surface area contributed by atoms with Crippen molar-refractivity contribution in [3.05, 3.63) is 202 Å². The third-order valence-corrected chi connectivity index (χ3v) is 17.5. The van der Waals surface area contributed by atoms with Gasteiger partial charge in [0.1, 0.15) is 60.0 Å². The number of aromatic nitrogens is 18. The lowest BCUT2D eigenvalue weighted by atomic mass is 9.85. The molecule has 2 aromatic carbocycles. The number of hydrogen-bond acceptors (Lipinski definition) is 22. The van der Waals surface area contributed by atoms with Crippen molar-refractivity contribution in [3.63, 3.8) is 0 Å². The molecule has 28 nitrogen and oxygen atoms in total. The summed E-state index contributed by atoms with van der Waals surface area (Å²) in [6, 6.07) is 20.7. The van der Waals surface area contributed by atoms with Crippen LogP contribution in [0.2, 0.25) is 0 Å². The number of rotatable bonds is 22. The van der Waals surface area contributed by atoms with Crippen LogP contribution in [0.4, 0.5) is 49.1 Å². The Morgan fingerprint density at radius 2 is 0.806 bits per heavy atom. The second-order valence-corrected chi connectivity index (χ2v) is 23.8. The summed E-state index contributed by atoms with van der Waals surface area (Å²) in [6.45, 7) is 13.1. The largest absolute Gasteiger partial charge is 0.400 e. The summed E-state index contributed by atoms with van der Waals surface area (Å²) in [5.74, 6) is -7.92. The van der Waals surface area contributed by atoms with E-state index >= 15 is 17.6 Å². The summed E-state index contributed by atoms with van der Waals surface area (Å²) in [7, 11) is 1.00. The lowest BCUT2D eigenvalue weighted by Crippen LogP contribution is -2.48. The summed E-state index contributed by atoms with van der Waals surface area (Å²) in [6.07, 6.45) is 11.8. The molecule has 2 saturated heterocycles. The predicted octanol–water partition coefficient (Wildman–Crippen LogP) is 5.46. The molecule has 0 bridgehead atoms. The van der Waals surface area contributed by atoms with E-state index in [0.29, 0.717) is 81.8 Å². The lowest BCUT2D eigenvalue weighted by Gasteiger charge is -2.38. The molecule has 518 valence electrons. The van der Waals surface area contributed by atoms with Crippen molar-refractivity contribution >= 4 is 22.7 Å². The molecule has 2 aliphatic rings. The van der Waals surface area contributed by atoms with Gasteiger partial charge in [-0.15, -0.1) is 10.2 Å². The molecule has 0 saturated carbocycles. The summed E-state index contributed by atoms with van der Waals surface area (Å²) in [5.41, 5.74) is -5.03. The van der Waals surface area contributed by atoms with E-state index in [-0.39, 0.29) is 34.5 Å². The first-order valence-corrected chi connectivity index (χ1v) is 31.5. The topological polar surface area (TPSA) is 312 Å². The van der Waals surface area contributed by atoms with E-state index in [1.54, 1.807) is 37.5 Å². The molecule has 34 heteroatoms. The number of alkyl halides is 4. The Balaban J connectivity index is 0.000000207. The van der Waals surface area contributed by atoms with Crippen LogP contribution >= 0.6 is 0 Å². The predicted molar refractivity (Wildman–Crippen MR) is 346 cm³/mol. The highest BCUT2D eigenvalue weighted by Crippen LogP contribution is 2.48. The minimum atomic E-state index is -3.91. The molecule has 12 rings (SSSR count). The van der Waals surface area contributed by atoms with Crippen LogP contribution in [-0.2, 0) is 36.1 Å². The Morgan fingerprint density at radius 3 is 1.08 bits per heavy atom. The van der Waals surface area contributed by atoms with Gasteiger partial charge < -0.3 is 40.0 Å². The van der Waals surface area contributed by atoms with Crippen LogP contribution < -0.4 is 31.0 Å². The van der Waals surface area contributed by atoms with Crippen molar-refractivity contribution in [2.45, 2.75) is 102 Å². The van der Waals surface area contributed by atoms with Gasteiger partial charge in [-0.25, -0.2) is 56.2 Å². The zero-order valence-corrected chi connectivity index (χ0v) is 54.4. The molecule has 10 heterocycles. The number of tetrazole rings is 2. The zero-order valence-electron chi connectivity index (χ0n) is 54.4. The van der Waals surface area contributed by atoms with Crippen LogP contribution in [0.3, 0.4) is 0 Å². The van der Waals surface area contributed by atoms with Crippen molar-refractivity contribution in [2.75, 3.05) is 79.1 Å². The number of pyridine rings is 4. The maximum Gasteiger partial charge on any atom is 0.351 e. The summed E-state index contributed by atoms with van der Waals surface area (Å²) in [5, 5.41) is 69.5. The van der Waals surface area contributed by atoms with Gasteiger partial charge >= 0.3 is 23.2 Å². The highest BCUT2D eigenvalue weighted by atomic mass is 19.3. The van der Waals surface area contributed by atoms with Gasteiger partial charge in [0.25, 0.3) is 0 Å². The SMILES string of the molecule is CC[C@@H](C(C)C)n1ncn(-c2ccc(N3CCN(c4ccc(C(F)(F)C(O)(Cn5cnnn5)c5ccc(F)cc5)nc4)CC3)cn2)c1=O.CC[C@@H]([C@H](C)O)n1ncn(-c2ccc(N3CCN(c4ccc(C(F)(F)C(O)(Cn5cnnn5)c5ccc(F)cc5)nc4)CC3)cn2)c1=O.CO. The van der Waals surface area contributed by atoms with Crippen molar-refractivity contribution < 1.29 is 46.8 Å². The van der Waals surface area contributed by atoms with Crippen LogP contribution in [0.25, 0.3) is 11.6 Å². The molecule has 0 amide bonds. The first-order valence-electron chi connectivity index (χ1n) is 31.5. The highest BCUT2D eigenvalue weighted by molar-refractivity contribution is 5.53. The van der Waals surface area contributed by atoms with Crippen molar-refractivity contribution in [2.24, 2.45) is 5.92 Å². The maximum absolute atomic E-state index is 16.1. The Labute approximate surface area is 557 Å². The van der Waals surface area contributed by atoms with E-state index in [4.69, 9.17) is 5.11 Å². The number of halogens is 6. The minimum absolute atomic E-state index is 0.00468. The number of aliphatic hydroxyl groups is 4. The Bertz CT molecular complexity index is 3990. The number of anilines is 4. The van der Waals surface area contributed by atoms with E-state index < -0.39 is 71.3 Å². The molecule has 0 aliphatic carbocycles. The third kappa shape index (κ3) is 14.5. The maximum atomic E-state index is 16.1. The number of nitrogens with zero attached hydrogens (tertiary/aromatic N) is 22. The van der Waals surface area contributed by atoms with Gasteiger partial charge in [-0.05, 0) is 130 Å². The fourth-order valence-corrected chi connectivity index (χ4v) is 12.0. The van der Waals surface area contributed by atoms with Crippen molar-refractivity contribution in [1.82, 2.24) is 89.0 Å². The number of benzene rings is 2. The van der Waals surface area contributed by atoms with Gasteiger partial charge in [0, 0.05) is 59.5 Å². The van der Waals surface area contributed by atoms with Crippen LogP contribution in [0.5, 0.6) is 0 Å². The molecule has 10 aromatic rings. The van der Waals surface area contributed by atoms with Crippen molar-refractivity contribution in [1.29, 1.82) is 0 Å². The molecular formula is C64H74F6N22O6. The molecule has 2 fully saturated rings. The van der Waals surface area contributed by atoms with E-state index in [1.165, 1.54) is 61.7 Å². The molecule has 98 heavy (non-hydrogen) atoms. The Hall–Kier alpha value is -10.3. The second-order valence-electron chi connectivity index (χ2n) is 23.8. The molecular weight excluding hydrogens is 1290 g/mol. The van der Waals surface area contributed by atoms with Crippen LogP contribution in [0.1, 0.15) is 82.1 Å². The van der Waals surface area contributed by atoms with Gasteiger partial charge in [-0.1, -0.05) is 52.0 Å². The Kier molecular flexibility index (Phi) is 21.6. The monoisotopic (exact) mass is 1360 g/mol. The van der Waals surface area contributed by atoms with Gasteiger partial charge in [0.2, 0.25) is 0 Å². The first kappa shape index (κ1) is 70.5. The van der Waals surface area contributed by atoms with Crippen LogP contribution in [0, 0.1) is 17.6 Å². The van der Waals surface area contributed by atoms with Crippen LogP contribution in [0.15, 0.2) is 157 Å². The average molecular weight is 1360 g/mol. The lowest BCUT2D eigenvalue weighted by molar-refractivity contribution is -0.206.